The second-order valence-corrected chi connectivity index (χ2v) is 4.73. The van der Waals surface area contributed by atoms with Gasteiger partial charge in [0.1, 0.15) is 0 Å². The Labute approximate surface area is 119 Å². The second-order valence-electron chi connectivity index (χ2n) is 4.73. The maximum Gasteiger partial charge on any atom is 0.323 e. The third-order valence-electron chi connectivity index (χ3n) is 3.18. The maximum absolute atomic E-state index is 5.42. The lowest BCUT2D eigenvalue weighted by Gasteiger charge is -2.23. The van der Waals surface area contributed by atoms with Crippen molar-refractivity contribution in [1.29, 1.82) is 0 Å². The standard InChI is InChI=1S/C13H23N5O2/c1-4-7-14-11-15-12(17-13(16-11)20-5-2)18(3)10-6-8-19-9-10/h10H,4-9H2,1-3H3,(H,14,15,16,17). The van der Waals surface area contributed by atoms with Gasteiger partial charge >= 0.3 is 6.01 Å². The predicted octanol–water partition coefficient (Wildman–Crippen LogP) is 1.32. The number of nitrogens with one attached hydrogen (secondary N) is 1. The highest BCUT2D eigenvalue weighted by Gasteiger charge is 2.23. The van der Waals surface area contributed by atoms with E-state index in [1.54, 1.807) is 0 Å². The Hall–Kier alpha value is -1.63. The molecule has 112 valence electrons. The molecule has 0 amide bonds. The molecule has 1 fully saturated rings. The average Bonchev–Trinajstić information content (AvgIpc) is 2.98. The Morgan fingerprint density at radius 2 is 2.20 bits per heavy atom. The SMILES string of the molecule is CCCNc1nc(OCC)nc(N(C)C2CCOC2)n1. The molecule has 1 unspecified atom stereocenters. The molecule has 2 rings (SSSR count). The van der Waals surface area contributed by atoms with E-state index in [0.717, 1.165) is 26.0 Å². The van der Waals surface area contributed by atoms with Gasteiger partial charge in [0.05, 0.1) is 19.3 Å². The molecule has 0 spiro atoms. The van der Waals surface area contributed by atoms with E-state index in [-0.39, 0.29) is 0 Å². The molecule has 1 saturated heterocycles. The number of ether oxygens (including phenoxy) is 2. The predicted molar refractivity (Wildman–Crippen MR) is 77.4 cm³/mol. The highest BCUT2D eigenvalue weighted by Crippen LogP contribution is 2.19. The Morgan fingerprint density at radius 1 is 1.35 bits per heavy atom. The van der Waals surface area contributed by atoms with E-state index in [1.165, 1.54) is 0 Å². The van der Waals surface area contributed by atoms with Crippen molar-refractivity contribution in [2.24, 2.45) is 0 Å². The molecule has 1 aliphatic rings. The summed E-state index contributed by atoms with van der Waals surface area (Å²) in [5, 5.41) is 3.18. The lowest BCUT2D eigenvalue weighted by molar-refractivity contribution is 0.193. The van der Waals surface area contributed by atoms with Crippen LogP contribution in [0.4, 0.5) is 11.9 Å². The van der Waals surface area contributed by atoms with Gasteiger partial charge in [0.15, 0.2) is 0 Å². The van der Waals surface area contributed by atoms with Crippen LogP contribution >= 0.6 is 0 Å². The van der Waals surface area contributed by atoms with Crippen LogP contribution in [0, 0.1) is 0 Å². The summed E-state index contributed by atoms with van der Waals surface area (Å²) in [6.07, 6.45) is 2.00. The van der Waals surface area contributed by atoms with Gasteiger partial charge in [-0.1, -0.05) is 6.92 Å². The van der Waals surface area contributed by atoms with Crippen LogP contribution in [0.25, 0.3) is 0 Å². The minimum atomic E-state index is 0.311. The Balaban J connectivity index is 2.18. The van der Waals surface area contributed by atoms with Crippen LogP contribution in [-0.4, -0.2) is 54.4 Å². The number of rotatable bonds is 7. The molecule has 1 aliphatic heterocycles. The fraction of sp³-hybridized carbons (Fsp3) is 0.769. The molecule has 20 heavy (non-hydrogen) atoms. The molecule has 7 nitrogen and oxygen atoms in total. The fourth-order valence-electron chi connectivity index (χ4n) is 2.00. The molecule has 0 aliphatic carbocycles. The van der Waals surface area contributed by atoms with Crippen LogP contribution < -0.4 is 15.0 Å². The number of hydrogen-bond donors (Lipinski definition) is 1. The van der Waals surface area contributed by atoms with E-state index in [0.29, 0.717) is 37.2 Å². The normalized spacial score (nSPS) is 18.1. The highest BCUT2D eigenvalue weighted by atomic mass is 16.5. The average molecular weight is 281 g/mol. The summed E-state index contributed by atoms with van der Waals surface area (Å²) >= 11 is 0. The van der Waals surface area contributed by atoms with E-state index in [1.807, 2.05) is 18.9 Å². The quantitative estimate of drug-likeness (QED) is 0.808. The van der Waals surface area contributed by atoms with E-state index >= 15 is 0 Å². The first-order chi connectivity index (χ1) is 9.74. The number of hydrogen-bond acceptors (Lipinski definition) is 7. The molecule has 7 heteroatoms. The molecule has 0 radical (unpaired) electrons. The zero-order chi connectivity index (χ0) is 14.4. The monoisotopic (exact) mass is 281 g/mol. The topological polar surface area (TPSA) is 72.4 Å². The zero-order valence-electron chi connectivity index (χ0n) is 12.4. The van der Waals surface area contributed by atoms with Crippen molar-refractivity contribution in [3.05, 3.63) is 0 Å². The maximum atomic E-state index is 5.42. The van der Waals surface area contributed by atoms with Crippen LogP contribution in [0.3, 0.4) is 0 Å². The second kappa shape index (κ2) is 7.23. The van der Waals surface area contributed by atoms with Gasteiger partial charge in [0.2, 0.25) is 11.9 Å². The van der Waals surface area contributed by atoms with Crippen molar-refractivity contribution in [2.45, 2.75) is 32.7 Å². The van der Waals surface area contributed by atoms with E-state index in [4.69, 9.17) is 9.47 Å². The number of aromatic nitrogens is 3. The number of anilines is 2. The highest BCUT2D eigenvalue weighted by molar-refractivity contribution is 5.38. The number of likely N-dealkylation sites (N-methyl/N-ethyl adjacent to an activating group) is 1. The molecule has 0 saturated carbocycles. The van der Waals surface area contributed by atoms with Gasteiger partial charge in [0, 0.05) is 20.2 Å². The van der Waals surface area contributed by atoms with Gasteiger partial charge < -0.3 is 19.7 Å². The van der Waals surface area contributed by atoms with Gasteiger partial charge in [-0.05, 0) is 19.8 Å². The first kappa shape index (κ1) is 14.8. The van der Waals surface area contributed by atoms with Crippen LogP contribution in [0.1, 0.15) is 26.7 Å². The van der Waals surface area contributed by atoms with Crippen LogP contribution in [0.15, 0.2) is 0 Å². The molecular formula is C13H23N5O2. The number of nitrogens with zero attached hydrogens (tertiary/aromatic N) is 4. The summed E-state index contributed by atoms with van der Waals surface area (Å²) in [5.41, 5.74) is 0. The minimum absolute atomic E-state index is 0.311. The van der Waals surface area contributed by atoms with Crippen molar-refractivity contribution in [1.82, 2.24) is 15.0 Å². The molecule has 0 aromatic carbocycles. The summed E-state index contributed by atoms with van der Waals surface area (Å²) in [6.45, 7) is 6.87. The summed E-state index contributed by atoms with van der Waals surface area (Å²) < 4.78 is 10.8. The summed E-state index contributed by atoms with van der Waals surface area (Å²) in [4.78, 5) is 15.1. The van der Waals surface area contributed by atoms with Gasteiger partial charge in [-0.2, -0.15) is 15.0 Å². The van der Waals surface area contributed by atoms with E-state index in [2.05, 4.69) is 27.2 Å². The summed E-state index contributed by atoms with van der Waals surface area (Å²) in [6, 6.07) is 0.674. The first-order valence-electron chi connectivity index (χ1n) is 7.18. The third-order valence-corrected chi connectivity index (χ3v) is 3.18. The van der Waals surface area contributed by atoms with Crippen molar-refractivity contribution in [2.75, 3.05) is 43.6 Å². The lowest BCUT2D eigenvalue weighted by atomic mass is 10.2. The lowest BCUT2D eigenvalue weighted by Crippen LogP contribution is -2.33. The smallest absolute Gasteiger partial charge is 0.323 e. The van der Waals surface area contributed by atoms with Crippen LogP contribution in [0.2, 0.25) is 0 Å². The molecule has 1 N–H and O–H groups in total. The molecule has 1 atom stereocenters. The zero-order valence-corrected chi connectivity index (χ0v) is 12.4. The Morgan fingerprint density at radius 3 is 2.85 bits per heavy atom. The Bertz CT molecular complexity index is 423. The Kier molecular flexibility index (Phi) is 5.34. The minimum Gasteiger partial charge on any atom is -0.464 e. The summed E-state index contributed by atoms with van der Waals surface area (Å²) in [7, 11) is 1.98. The van der Waals surface area contributed by atoms with Crippen molar-refractivity contribution in [3.8, 4) is 6.01 Å². The van der Waals surface area contributed by atoms with Crippen LogP contribution in [-0.2, 0) is 4.74 Å². The third kappa shape index (κ3) is 3.69. The van der Waals surface area contributed by atoms with Crippen molar-refractivity contribution >= 4 is 11.9 Å². The molecule has 2 heterocycles. The van der Waals surface area contributed by atoms with Crippen LogP contribution in [0.5, 0.6) is 6.01 Å². The molecule has 0 bridgehead atoms. The van der Waals surface area contributed by atoms with Gasteiger partial charge in [-0.15, -0.1) is 0 Å². The van der Waals surface area contributed by atoms with Gasteiger partial charge in [-0.3, -0.25) is 0 Å². The molecular weight excluding hydrogens is 258 g/mol. The summed E-state index contributed by atoms with van der Waals surface area (Å²) in [5.74, 6) is 1.18. The van der Waals surface area contributed by atoms with Gasteiger partial charge in [0.25, 0.3) is 0 Å². The van der Waals surface area contributed by atoms with Crippen molar-refractivity contribution in [3.63, 3.8) is 0 Å². The largest absolute Gasteiger partial charge is 0.464 e. The van der Waals surface area contributed by atoms with E-state index in [9.17, 15) is 0 Å². The molecule has 1 aromatic heterocycles. The molecule has 1 aromatic rings. The van der Waals surface area contributed by atoms with Crippen molar-refractivity contribution < 1.29 is 9.47 Å². The fourth-order valence-corrected chi connectivity index (χ4v) is 2.00. The van der Waals surface area contributed by atoms with Gasteiger partial charge in [-0.25, -0.2) is 0 Å². The first-order valence-corrected chi connectivity index (χ1v) is 7.18. The van der Waals surface area contributed by atoms with E-state index < -0.39 is 0 Å².